The van der Waals surface area contributed by atoms with E-state index in [2.05, 4.69) is 33.0 Å². The molecule has 25 heavy (non-hydrogen) atoms. The molecule has 3 rings (SSSR count). The van der Waals surface area contributed by atoms with Crippen LogP contribution in [0.4, 0.5) is 18.9 Å². The molecule has 0 saturated carbocycles. The second-order valence-corrected chi connectivity index (χ2v) is 6.76. The van der Waals surface area contributed by atoms with Gasteiger partial charge in [0.25, 0.3) is 0 Å². The lowest BCUT2D eigenvalue weighted by Gasteiger charge is -2.21. The van der Waals surface area contributed by atoms with Crippen LogP contribution in [0.1, 0.15) is 16.7 Å². The molecule has 132 valence electrons. The third kappa shape index (κ3) is 4.15. The molecule has 0 saturated heterocycles. The van der Waals surface area contributed by atoms with Crippen molar-refractivity contribution < 1.29 is 18.0 Å². The van der Waals surface area contributed by atoms with Gasteiger partial charge in [0.2, 0.25) is 0 Å². The lowest BCUT2D eigenvalue weighted by atomic mass is 10.1. The number of fused-ring (bicyclic) bond motifs is 1. The number of carbonyl (C=O) groups is 1. The summed E-state index contributed by atoms with van der Waals surface area (Å²) in [6.45, 7) is 1.40. The van der Waals surface area contributed by atoms with Gasteiger partial charge in [0.15, 0.2) is 0 Å². The molecule has 1 aliphatic rings. The molecule has 0 aliphatic carbocycles. The van der Waals surface area contributed by atoms with Crippen molar-refractivity contribution in [1.29, 1.82) is 0 Å². The SMILES string of the molecule is O=C(NCc1ccc(Br)c(CN2CCc3ccccc32)c1)C(F)(F)F. The topological polar surface area (TPSA) is 32.3 Å². The molecule has 1 amide bonds. The van der Waals surface area contributed by atoms with E-state index in [1.807, 2.05) is 23.5 Å². The van der Waals surface area contributed by atoms with E-state index in [4.69, 9.17) is 0 Å². The maximum atomic E-state index is 12.3. The fraction of sp³-hybridized carbons (Fsp3) is 0.278. The predicted octanol–water partition coefficient (Wildman–Crippen LogP) is 4.19. The number of alkyl halides is 3. The Labute approximate surface area is 152 Å². The minimum Gasteiger partial charge on any atom is -0.367 e. The molecule has 7 heteroatoms. The van der Waals surface area contributed by atoms with Crippen molar-refractivity contribution in [3.8, 4) is 0 Å². The summed E-state index contributed by atoms with van der Waals surface area (Å²) in [6.07, 6.45) is -3.88. The molecule has 0 spiro atoms. The largest absolute Gasteiger partial charge is 0.471 e. The summed E-state index contributed by atoms with van der Waals surface area (Å²) in [5, 5.41) is 1.90. The van der Waals surface area contributed by atoms with Gasteiger partial charge in [0, 0.05) is 29.8 Å². The van der Waals surface area contributed by atoms with Crippen LogP contribution in [0.5, 0.6) is 0 Å². The number of hydrogen-bond acceptors (Lipinski definition) is 2. The van der Waals surface area contributed by atoms with Crippen LogP contribution in [-0.2, 0) is 24.3 Å². The highest BCUT2D eigenvalue weighted by molar-refractivity contribution is 9.10. The van der Waals surface area contributed by atoms with Gasteiger partial charge < -0.3 is 10.2 Å². The maximum Gasteiger partial charge on any atom is 0.471 e. The van der Waals surface area contributed by atoms with E-state index in [-0.39, 0.29) is 6.54 Å². The summed E-state index contributed by atoms with van der Waals surface area (Å²) >= 11 is 3.50. The Morgan fingerprint density at radius 3 is 2.72 bits per heavy atom. The first-order valence-electron chi connectivity index (χ1n) is 7.80. The third-order valence-electron chi connectivity index (χ3n) is 4.17. The van der Waals surface area contributed by atoms with Crippen LogP contribution < -0.4 is 10.2 Å². The predicted molar refractivity (Wildman–Crippen MR) is 93.2 cm³/mol. The van der Waals surface area contributed by atoms with Gasteiger partial charge in [-0.05, 0) is 35.2 Å². The first kappa shape index (κ1) is 17.8. The van der Waals surface area contributed by atoms with Crippen LogP contribution in [0, 0.1) is 0 Å². The molecule has 0 unspecified atom stereocenters. The third-order valence-corrected chi connectivity index (χ3v) is 4.94. The number of halogens is 4. The monoisotopic (exact) mass is 412 g/mol. The Bertz CT molecular complexity index is 792. The number of nitrogens with one attached hydrogen (secondary N) is 1. The lowest BCUT2D eigenvalue weighted by molar-refractivity contribution is -0.173. The lowest BCUT2D eigenvalue weighted by Crippen LogP contribution is -2.36. The average Bonchev–Trinajstić information content (AvgIpc) is 2.97. The summed E-state index contributed by atoms with van der Waals surface area (Å²) in [5.41, 5.74) is 4.08. The highest BCUT2D eigenvalue weighted by Gasteiger charge is 2.38. The fourth-order valence-electron chi connectivity index (χ4n) is 2.92. The number of carbonyl (C=O) groups excluding carboxylic acids is 1. The van der Waals surface area contributed by atoms with Crippen LogP contribution in [0.15, 0.2) is 46.9 Å². The zero-order valence-electron chi connectivity index (χ0n) is 13.2. The van der Waals surface area contributed by atoms with Crippen molar-refractivity contribution in [3.05, 3.63) is 63.6 Å². The number of benzene rings is 2. The van der Waals surface area contributed by atoms with Gasteiger partial charge in [-0.3, -0.25) is 4.79 Å². The van der Waals surface area contributed by atoms with Crippen molar-refractivity contribution >= 4 is 27.5 Å². The van der Waals surface area contributed by atoms with E-state index < -0.39 is 12.1 Å². The first-order valence-corrected chi connectivity index (χ1v) is 8.59. The molecule has 0 radical (unpaired) electrons. The summed E-state index contributed by atoms with van der Waals surface area (Å²) in [5.74, 6) is -1.93. The standard InChI is InChI=1S/C18H16BrF3N2O/c19-15-6-5-12(10-23-17(25)18(20,21)22)9-14(15)11-24-8-7-13-3-1-2-4-16(13)24/h1-6,9H,7-8,10-11H2,(H,23,25). The molecule has 1 N–H and O–H groups in total. The average molecular weight is 413 g/mol. The van der Waals surface area contributed by atoms with Crippen molar-refractivity contribution in [2.75, 3.05) is 11.4 Å². The fourth-order valence-corrected chi connectivity index (χ4v) is 3.29. The van der Waals surface area contributed by atoms with E-state index >= 15 is 0 Å². The van der Waals surface area contributed by atoms with Gasteiger partial charge in [-0.1, -0.05) is 46.3 Å². The van der Waals surface area contributed by atoms with E-state index in [0.29, 0.717) is 12.1 Å². The Balaban J connectivity index is 1.71. The van der Waals surface area contributed by atoms with Crippen molar-refractivity contribution in [3.63, 3.8) is 0 Å². The second kappa shape index (κ2) is 7.07. The maximum absolute atomic E-state index is 12.3. The molecule has 3 nitrogen and oxygen atoms in total. The quantitative estimate of drug-likeness (QED) is 0.816. The van der Waals surface area contributed by atoms with Gasteiger partial charge in [-0.2, -0.15) is 13.2 Å². The Morgan fingerprint density at radius 1 is 1.20 bits per heavy atom. The van der Waals surface area contributed by atoms with Gasteiger partial charge in [0.05, 0.1) is 0 Å². The smallest absolute Gasteiger partial charge is 0.367 e. The normalized spacial score (nSPS) is 13.7. The molecule has 0 atom stereocenters. The number of amides is 1. The van der Waals surface area contributed by atoms with Gasteiger partial charge in [-0.15, -0.1) is 0 Å². The zero-order chi connectivity index (χ0) is 18.0. The minimum absolute atomic E-state index is 0.158. The van der Waals surface area contributed by atoms with E-state index in [1.165, 1.54) is 11.3 Å². The van der Waals surface area contributed by atoms with E-state index in [0.717, 1.165) is 23.0 Å². The number of nitrogens with zero attached hydrogens (tertiary/aromatic N) is 1. The highest BCUT2D eigenvalue weighted by Crippen LogP contribution is 2.30. The number of hydrogen-bond donors (Lipinski definition) is 1. The first-order chi connectivity index (χ1) is 11.8. The molecule has 1 heterocycles. The zero-order valence-corrected chi connectivity index (χ0v) is 14.8. The summed E-state index contributed by atoms with van der Waals surface area (Å²) in [7, 11) is 0. The number of anilines is 1. The van der Waals surface area contributed by atoms with Gasteiger partial charge in [-0.25, -0.2) is 0 Å². The molecule has 0 bridgehead atoms. The molecule has 0 aromatic heterocycles. The number of rotatable bonds is 4. The second-order valence-electron chi connectivity index (χ2n) is 5.91. The van der Waals surface area contributed by atoms with Crippen molar-refractivity contribution in [2.24, 2.45) is 0 Å². The molecular weight excluding hydrogens is 397 g/mol. The van der Waals surface area contributed by atoms with Crippen LogP contribution in [0.25, 0.3) is 0 Å². The van der Waals surface area contributed by atoms with Crippen molar-refractivity contribution in [1.82, 2.24) is 5.32 Å². The Hall–Kier alpha value is -2.02. The molecule has 0 fully saturated rings. The summed E-state index contributed by atoms with van der Waals surface area (Å²) in [6, 6.07) is 13.5. The Morgan fingerprint density at radius 2 is 1.96 bits per heavy atom. The van der Waals surface area contributed by atoms with E-state index in [1.54, 1.807) is 12.1 Å². The van der Waals surface area contributed by atoms with Gasteiger partial charge >= 0.3 is 12.1 Å². The van der Waals surface area contributed by atoms with E-state index in [9.17, 15) is 18.0 Å². The minimum atomic E-state index is -4.86. The van der Waals surface area contributed by atoms with Crippen LogP contribution in [0.3, 0.4) is 0 Å². The molecule has 2 aromatic rings. The Kier molecular flexibility index (Phi) is 5.03. The van der Waals surface area contributed by atoms with Crippen LogP contribution >= 0.6 is 15.9 Å². The van der Waals surface area contributed by atoms with Crippen LogP contribution in [-0.4, -0.2) is 18.6 Å². The number of para-hydroxylation sites is 1. The summed E-state index contributed by atoms with van der Waals surface area (Å²) in [4.78, 5) is 13.2. The van der Waals surface area contributed by atoms with Crippen molar-refractivity contribution in [2.45, 2.75) is 25.7 Å². The molecular formula is C18H16BrF3N2O. The van der Waals surface area contributed by atoms with Crippen LogP contribution in [0.2, 0.25) is 0 Å². The molecule has 2 aromatic carbocycles. The molecule has 1 aliphatic heterocycles. The highest BCUT2D eigenvalue weighted by atomic mass is 79.9. The van der Waals surface area contributed by atoms with Gasteiger partial charge in [0.1, 0.15) is 0 Å². The summed E-state index contributed by atoms with van der Waals surface area (Å²) < 4.78 is 37.7.